The Morgan fingerprint density at radius 2 is 1.95 bits per heavy atom. The smallest absolute Gasteiger partial charge is 0.262 e. The number of carbonyl (C=O) groups excluding carboxylic acids is 1. The quantitative estimate of drug-likeness (QED) is 0.848. The summed E-state index contributed by atoms with van der Waals surface area (Å²) in [4.78, 5) is 13.8. The lowest BCUT2D eigenvalue weighted by molar-refractivity contribution is -0.129. The highest BCUT2D eigenvalue weighted by molar-refractivity contribution is 5.81. The van der Waals surface area contributed by atoms with Crippen LogP contribution in [0.25, 0.3) is 0 Å². The predicted molar refractivity (Wildman–Crippen MR) is 68.9 cm³/mol. The van der Waals surface area contributed by atoms with Crippen LogP contribution >= 0.6 is 0 Å². The first kappa shape index (κ1) is 15.8. The average molecular weight is 304 g/mol. The molecule has 0 aliphatic carbocycles. The van der Waals surface area contributed by atoms with Crippen molar-refractivity contribution in [1.29, 1.82) is 0 Å². The van der Waals surface area contributed by atoms with E-state index >= 15 is 0 Å². The number of nitrogens with one attached hydrogen (secondary N) is 1. The first-order valence-corrected chi connectivity index (χ1v) is 6.67. The number of nitrogens with zero attached hydrogens (tertiary/aromatic N) is 1. The number of likely N-dealkylation sites (tertiary alicyclic amines) is 1. The van der Waals surface area contributed by atoms with E-state index in [0.29, 0.717) is 6.07 Å². The van der Waals surface area contributed by atoms with E-state index in [9.17, 15) is 22.4 Å². The summed E-state index contributed by atoms with van der Waals surface area (Å²) >= 11 is 0. The minimum absolute atomic E-state index is 0.547. The Labute approximate surface area is 119 Å². The van der Waals surface area contributed by atoms with Crippen LogP contribution in [0.3, 0.4) is 0 Å². The zero-order valence-corrected chi connectivity index (χ0v) is 11.5. The molecule has 2 atom stereocenters. The summed E-state index contributed by atoms with van der Waals surface area (Å²) in [5.41, 5.74) is -0.547. The van der Waals surface area contributed by atoms with Crippen LogP contribution in [0.5, 0.6) is 0 Å². The van der Waals surface area contributed by atoms with E-state index in [-0.39, 0.29) is 0 Å². The van der Waals surface area contributed by atoms with E-state index in [1.807, 2.05) is 4.90 Å². The van der Waals surface area contributed by atoms with Gasteiger partial charge in [0.2, 0.25) is 5.91 Å². The fraction of sp³-hybridized carbons (Fsp3) is 0.500. The summed E-state index contributed by atoms with van der Waals surface area (Å²) in [6.07, 6.45) is -2.08. The maximum atomic E-state index is 13.6. The van der Waals surface area contributed by atoms with Crippen molar-refractivity contribution in [2.75, 3.05) is 13.1 Å². The number of rotatable bonds is 5. The lowest BCUT2D eigenvalue weighted by atomic mass is 10.0. The summed E-state index contributed by atoms with van der Waals surface area (Å²) in [5, 5.41) is 2.11. The fourth-order valence-electron chi connectivity index (χ4n) is 2.20. The van der Waals surface area contributed by atoms with Crippen LogP contribution in [-0.4, -0.2) is 36.4 Å². The molecule has 116 valence electrons. The minimum Gasteiger partial charge on any atom is -0.342 e. The zero-order valence-electron chi connectivity index (χ0n) is 11.5. The number of hydrogen-bond donors (Lipinski definition) is 1. The minimum atomic E-state index is -3.03. The van der Waals surface area contributed by atoms with Gasteiger partial charge >= 0.3 is 0 Å². The van der Waals surface area contributed by atoms with Gasteiger partial charge in [0.05, 0.1) is 6.04 Å². The second-order valence-electron chi connectivity index (χ2n) is 5.05. The Morgan fingerprint density at radius 3 is 2.48 bits per heavy atom. The Hall–Kier alpha value is -1.63. The molecule has 0 spiro atoms. The Morgan fingerprint density at radius 1 is 1.29 bits per heavy atom. The largest absolute Gasteiger partial charge is 0.342 e. The van der Waals surface area contributed by atoms with Gasteiger partial charge in [-0.2, -0.15) is 0 Å². The van der Waals surface area contributed by atoms with Gasteiger partial charge in [-0.25, -0.2) is 17.6 Å². The first-order chi connectivity index (χ1) is 9.90. The van der Waals surface area contributed by atoms with Gasteiger partial charge in [-0.15, -0.1) is 0 Å². The average Bonchev–Trinajstić information content (AvgIpc) is 2.36. The van der Waals surface area contributed by atoms with E-state index < -0.39 is 41.6 Å². The van der Waals surface area contributed by atoms with Gasteiger partial charge in [-0.1, -0.05) is 0 Å². The van der Waals surface area contributed by atoms with Gasteiger partial charge < -0.3 is 5.32 Å². The highest BCUT2D eigenvalue weighted by atomic mass is 19.3. The topological polar surface area (TPSA) is 32.3 Å². The molecule has 21 heavy (non-hydrogen) atoms. The SMILES string of the molecule is CC(C(=O)NC(c1cc(F)ccc1F)C(F)F)N1CCC1. The van der Waals surface area contributed by atoms with Crippen molar-refractivity contribution in [3.8, 4) is 0 Å². The second-order valence-corrected chi connectivity index (χ2v) is 5.05. The van der Waals surface area contributed by atoms with Crippen LogP contribution in [0.2, 0.25) is 0 Å². The normalized spacial score (nSPS) is 18.2. The highest BCUT2D eigenvalue weighted by Gasteiger charge is 2.32. The first-order valence-electron chi connectivity index (χ1n) is 6.67. The number of carbonyl (C=O) groups is 1. The number of hydrogen-bond acceptors (Lipinski definition) is 2. The highest BCUT2D eigenvalue weighted by Crippen LogP contribution is 2.25. The molecule has 1 fully saturated rings. The van der Waals surface area contributed by atoms with Crippen LogP contribution in [0.4, 0.5) is 17.6 Å². The van der Waals surface area contributed by atoms with Crippen molar-refractivity contribution in [3.05, 3.63) is 35.4 Å². The summed E-state index contributed by atoms with van der Waals surface area (Å²) in [7, 11) is 0. The lowest BCUT2D eigenvalue weighted by Gasteiger charge is -2.36. The van der Waals surface area contributed by atoms with Gasteiger partial charge in [0.1, 0.15) is 17.7 Å². The van der Waals surface area contributed by atoms with Crippen molar-refractivity contribution in [2.24, 2.45) is 0 Å². The molecule has 3 nitrogen and oxygen atoms in total. The molecule has 0 aromatic heterocycles. The van der Waals surface area contributed by atoms with Gasteiger partial charge in [0, 0.05) is 18.7 Å². The maximum Gasteiger partial charge on any atom is 0.262 e. The molecule has 7 heteroatoms. The molecule has 1 aromatic carbocycles. The van der Waals surface area contributed by atoms with Gasteiger partial charge in [-0.05, 0) is 31.5 Å². The van der Waals surface area contributed by atoms with Crippen molar-refractivity contribution in [3.63, 3.8) is 0 Å². The van der Waals surface area contributed by atoms with Gasteiger partial charge in [0.25, 0.3) is 6.43 Å². The van der Waals surface area contributed by atoms with E-state index in [0.717, 1.165) is 31.6 Å². The van der Waals surface area contributed by atoms with Crippen LogP contribution in [-0.2, 0) is 4.79 Å². The molecule has 2 unspecified atom stereocenters. The summed E-state index contributed by atoms with van der Waals surface area (Å²) in [6, 6.07) is -0.147. The van der Waals surface area contributed by atoms with Crippen LogP contribution in [0, 0.1) is 11.6 Å². The second kappa shape index (κ2) is 6.43. The number of alkyl halides is 2. The molecule has 1 aromatic rings. The maximum absolute atomic E-state index is 13.6. The van der Waals surface area contributed by atoms with Gasteiger partial charge in [0.15, 0.2) is 0 Å². The molecule has 1 aliphatic rings. The molecule has 1 N–H and O–H groups in total. The molecule has 1 heterocycles. The predicted octanol–water partition coefficient (Wildman–Crippen LogP) is 2.48. The summed E-state index contributed by atoms with van der Waals surface area (Å²) < 4.78 is 52.9. The Balaban J connectivity index is 2.15. The molecule has 0 bridgehead atoms. The number of benzene rings is 1. The van der Waals surface area contributed by atoms with E-state index in [2.05, 4.69) is 5.32 Å². The Kier molecular flexibility index (Phi) is 4.82. The van der Waals surface area contributed by atoms with Crippen molar-refractivity contribution in [1.82, 2.24) is 10.2 Å². The number of amides is 1. The van der Waals surface area contributed by atoms with Crippen LogP contribution in [0.1, 0.15) is 24.9 Å². The van der Waals surface area contributed by atoms with E-state index in [1.54, 1.807) is 6.92 Å². The summed E-state index contributed by atoms with van der Waals surface area (Å²) in [5.74, 6) is -2.43. The molecule has 2 rings (SSSR count). The molecule has 1 saturated heterocycles. The van der Waals surface area contributed by atoms with Crippen molar-refractivity contribution in [2.45, 2.75) is 31.9 Å². The molecule has 1 aliphatic heterocycles. The van der Waals surface area contributed by atoms with E-state index in [1.165, 1.54) is 0 Å². The molecule has 1 amide bonds. The Bertz CT molecular complexity index is 520. The lowest BCUT2D eigenvalue weighted by Crippen LogP contribution is -2.52. The van der Waals surface area contributed by atoms with Crippen LogP contribution < -0.4 is 5.32 Å². The molecular formula is C14H16F4N2O. The monoisotopic (exact) mass is 304 g/mol. The third-order valence-electron chi connectivity index (χ3n) is 3.66. The third-order valence-corrected chi connectivity index (χ3v) is 3.66. The molecule has 0 saturated carbocycles. The van der Waals surface area contributed by atoms with E-state index in [4.69, 9.17) is 0 Å². The molecule has 0 radical (unpaired) electrons. The van der Waals surface area contributed by atoms with Crippen molar-refractivity contribution < 1.29 is 22.4 Å². The standard InChI is InChI=1S/C14H16F4N2O/c1-8(20-5-2-6-20)14(21)19-12(13(17)18)10-7-9(15)3-4-11(10)16/h3-4,7-8,12-13H,2,5-6H2,1H3,(H,19,21). The fourth-order valence-corrected chi connectivity index (χ4v) is 2.20. The third kappa shape index (κ3) is 3.53. The van der Waals surface area contributed by atoms with Crippen LogP contribution in [0.15, 0.2) is 18.2 Å². The van der Waals surface area contributed by atoms with Crippen molar-refractivity contribution >= 4 is 5.91 Å². The zero-order chi connectivity index (χ0) is 15.6. The molecular weight excluding hydrogens is 288 g/mol. The van der Waals surface area contributed by atoms with Gasteiger partial charge in [-0.3, -0.25) is 9.69 Å². The summed E-state index contributed by atoms with van der Waals surface area (Å²) in [6.45, 7) is 3.05. The number of halogens is 4.